The summed E-state index contributed by atoms with van der Waals surface area (Å²) < 4.78 is 4.90. The number of hydrogen-bond donors (Lipinski definition) is 1. The minimum Gasteiger partial charge on any atom is -0.465 e. The van der Waals surface area contributed by atoms with Gasteiger partial charge in [0.25, 0.3) is 0 Å². The topological polar surface area (TPSA) is 55.6 Å². The van der Waals surface area contributed by atoms with E-state index in [-0.39, 0.29) is 5.97 Å². The van der Waals surface area contributed by atoms with Gasteiger partial charge < -0.3 is 15.4 Å². The first-order chi connectivity index (χ1) is 7.67. The van der Waals surface area contributed by atoms with Crippen molar-refractivity contribution in [2.45, 2.75) is 39.2 Å². The molecule has 1 heterocycles. The highest BCUT2D eigenvalue weighted by molar-refractivity contribution is 5.75. The van der Waals surface area contributed by atoms with Gasteiger partial charge in [-0.3, -0.25) is 4.79 Å². The SMILES string of the molecule is CCCC1CCN(CC(N)C(=O)OCC)C1. The molecule has 2 unspecified atom stereocenters. The molecule has 4 heteroatoms. The van der Waals surface area contributed by atoms with Crippen molar-refractivity contribution in [3.63, 3.8) is 0 Å². The largest absolute Gasteiger partial charge is 0.465 e. The van der Waals surface area contributed by atoms with Crippen molar-refractivity contribution in [3.05, 3.63) is 0 Å². The number of likely N-dealkylation sites (tertiary alicyclic amines) is 1. The molecule has 0 aromatic heterocycles. The Kier molecular flexibility index (Phi) is 5.77. The van der Waals surface area contributed by atoms with Crippen LogP contribution in [0.25, 0.3) is 0 Å². The highest BCUT2D eigenvalue weighted by Gasteiger charge is 2.25. The lowest BCUT2D eigenvalue weighted by Gasteiger charge is -2.19. The summed E-state index contributed by atoms with van der Waals surface area (Å²) in [5.74, 6) is 0.515. The van der Waals surface area contributed by atoms with E-state index in [1.807, 2.05) is 0 Å². The molecular weight excluding hydrogens is 204 g/mol. The minimum absolute atomic E-state index is 0.276. The molecule has 0 bridgehead atoms. The van der Waals surface area contributed by atoms with E-state index in [0.29, 0.717) is 13.2 Å². The monoisotopic (exact) mass is 228 g/mol. The van der Waals surface area contributed by atoms with Gasteiger partial charge in [-0.25, -0.2) is 0 Å². The zero-order valence-corrected chi connectivity index (χ0v) is 10.4. The van der Waals surface area contributed by atoms with Crippen LogP contribution < -0.4 is 5.73 Å². The Bertz CT molecular complexity index is 221. The molecule has 0 aromatic rings. The molecule has 0 aliphatic carbocycles. The Labute approximate surface area is 98.1 Å². The van der Waals surface area contributed by atoms with Crippen LogP contribution in [0.2, 0.25) is 0 Å². The van der Waals surface area contributed by atoms with E-state index >= 15 is 0 Å². The number of hydrogen-bond acceptors (Lipinski definition) is 4. The van der Waals surface area contributed by atoms with Gasteiger partial charge in [-0.15, -0.1) is 0 Å². The Hall–Kier alpha value is -0.610. The zero-order valence-electron chi connectivity index (χ0n) is 10.4. The maximum Gasteiger partial charge on any atom is 0.324 e. The zero-order chi connectivity index (χ0) is 12.0. The van der Waals surface area contributed by atoms with Crippen molar-refractivity contribution in [1.82, 2.24) is 4.90 Å². The first-order valence-electron chi connectivity index (χ1n) is 6.31. The van der Waals surface area contributed by atoms with Crippen LogP contribution in [-0.4, -0.2) is 43.2 Å². The fourth-order valence-corrected chi connectivity index (χ4v) is 2.32. The first kappa shape index (κ1) is 13.5. The van der Waals surface area contributed by atoms with E-state index in [2.05, 4.69) is 11.8 Å². The Morgan fingerprint density at radius 2 is 2.31 bits per heavy atom. The van der Waals surface area contributed by atoms with Gasteiger partial charge in [-0.1, -0.05) is 13.3 Å². The van der Waals surface area contributed by atoms with Crippen LogP contribution >= 0.6 is 0 Å². The van der Waals surface area contributed by atoms with Crippen LogP contribution in [-0.2, 0) is 9.53 Å². The highest BCUT2D eigenvalue weighted by Crippen LogP contribution is 2.20. The fourth-order valence-electron chi connectivity index (χ4n) is 2.32. The van der Waals surface area contributed by atoms with Crippen LogP contribution in [0.5, 0.6) is 0 Å². The van der Waals surface area contributed by atoms with E-state index < -0.39 is 6.04 Å². The summed E-state index contributed by atoms with van der Waals surface area (Å²) in [6.07, 6.45) is 3.76. The van der Waals surface area contributed by atoms with Gasteiger partial charge in [-0.2, -0.15) is 0 Å². The molecule has 2 N–H and O–H groups in total. The smallest absolute Gasteiger partial charge is 0.324 e. The summed E-state index contributed by atoms with van der Waals surface area (Å²) in [5, 5.41) is 0. The van der Waals surface area contributed by atoms with Crippen molar-refractivity contribution in [2.75, 3.05) is 26.2 Å². The molecule has 4 nitrogen and oxygen atoms in total. The van der Waals surface area contributed by atoms with Crippen LogP contribution in [0.15, 0.2) is 0 Å². The molecule has 94 valence electrons. The predicted molar refractivity (Wildman–Crippen MR) is 64.1 cm³/mol. The molecule has 1 rings (SSSR count). The lowest BCUT2D eigenvalue weighted by Crippen LogP contribution is -2.42. The Balaban J connectivity index is 2.25. The van der Waals surface area contributed by atoms with Crippen molar-refractivity contribution in [2.24, 2.45) is 11.7 Å². The summed E-state index contributed by atoms with van der Waals surface area (Å²) >= 11 is 0. The molecule has 16 heavy (non-hydrogen) atoms. The molecule has 1 fully saturated rings. The molecular formula is C12H24N2O2. The van der Waals surface area contributed by atoms with Gasteiger partial charge in [0.15, 0.2) is 0 Å². The third kappa shape index (κ3) is 4.10. The van der Waals surface area contributed by atoms with Gasteiger partial charge in [0.05, 0.1) is 6.61 Å². The molecule has 1 aliphatic heterocycles. The molecule has 0 spiro atoms. The van der Waals surface area contributed by atoms with Crippen LogP contribution in [0.3, 0.4) is 0 Å². The standard InChI is InChI=1S/C12H24N2O2/c1-3-5-10-6-7-14(8-10)9-11(13)12(15)16-4-2/h10-11H,3-9,13H2,1-2H3. The molecule has 0 radical (unpaired) electrons. The number of esters is 1. The Morgan fingerprint density at radius 1 is 1.56 bits per heavy atom. The second-order valence-corrected chi connectivity index (χ2v) is 4.56. The average Bonchev–Trinajstić information content (AvgIpc) is 2.66. The predicted octanol–water partition coefficient (Wildman–Crippen LogP) is 0.999. The third-order valence-corrected chi connectivity index (χ3v) is 3.11. The van der Waals surface area contributed by atoms with Crippen molar-refractivity contribution in [3.8, 4) is 0 Å². The van der Waals surface area contributed by atoms with Crippen molar-refractivity contribution >= 4 is 5.97 Å². The first-order valence-corrected chi connectivity index (χ1v) is 6.31. The number of nitrogens with zero attached hydrogens (tertiary/aromatic N) is 1. The third-order valence-electron chi connectivity index (χ3n) is 3.11. The number of carbonyl (C=O) groups is 1. The molecule has 0 saturated carbocycles. The highest BCUT2D eigenvalue weighted by atomic mass is 16.5. The fraction of sp³-hybridized carbons (Fsp3) is 0.917. The summed E-state index contributed by atoms with van der Waals surface area (Å²) in [7, 11) is 0. The van der Waals surface area contributed by atoms with Gasteiger partial charge in [0.2, 0.25) is 0 Å². The molecule has 1 saturated heterocycles. The summed E-state index contributed by atoms with van der Waals surface area (Å²) in [4.78, 5) is 13.6. The Morgan fingerprint density at radius 3 is 2.94 bits per heavy atom. The molecule has 2 atom stereocenters. The molecule has 0 aromatic carbocycles. The quantitative estimate of drug-likeness (QED) is 0.689. The number of rotatable bonds is 6. The lowest BCUT2D eigenvalue weighted by atomic mass is 10.0. The summed E-state index contributed by atoms with van der Waals surface area (Å²) in [5.41, 5.74) is 5.79. The summed E-state index contributed by atoms with van der Waals surface area (Å²) in [6.45, 7) is 7.22. The van der Waals surface area contributed by atoms with E-state index in [0.717, 1.165) is 19.0 Å². The van der Waals surface area contributed by atoms with Gasteiger partial charge in [0, 0.05) is 13.1 Å². The number of nitrogens with two attached hydrogens (primary N) is 1. The number of ether oxygens (including phenoxy) is 1. The van der Waals surface area contributed by atoms with E-state index in [9.17, 15) is 4.79 Å². The number of carbonyl (C=O) groups excluding carboxylic acids is 1. The molecule has 1 aliphatic rings. The van der Waals surface area contributed by atoms with Crippen LogP contribution in [0.1, 0.15) is 33.1 Å². The van der Waals surface area contributed by atoms with Gasteiger partial charge >= 0.3 is 5.97 Å². The van der Waals surface area contributed by atoms with E-state index in [1.165, 1.54) is 19.3 Å². The second kappa shape index (κ2) is 6.86. The van der Waals surface area contributed by atoms with E-state index in [4.69, 9.17) is 10.5 Å². The normalized spacial score (nSPS) is 23.3. The van der Waals surface area contributed by atoms with E-state index in [1.54, 1.807) is 6.92 Å². The van der Waals surface area contributed by atoms with Crippen LogP contribution in [0.4, 0.5) is 0 Å². The minimum atomic E-state index is -0.486. The average molecular weight is 228 g/mol. The maximum atomic E-state index is 11.4. The summed E-state index contributed by atoms with van der Waals surface area (Å²) in [6, 6.07) is -0.486. The van der Waals surface area contributed by atoms with Crippen LogP contribution in [0, 0.1) is 5.92 Å². The molecule has 0 amide bonds. The maximum absolute atomic E-state index is 11.4. The van der Waals surface area contributed by atoms with Crippen molar-refractivity contribution in [1.29, 1.82) is 0 Å². The van der Waals surface area contributed by atoms with Gasteiger partial charge in [0.1, 0.15) is 6.04 Å². The van der Waals surface area contributed by atoms with Gasteiger partial charge in [-0.05, 0) is 32.2 Å². The second-order valence-electron chi connectivity index (χ2n) is 4.56. The van der Waals surface area contributed by atoms with Crippen molar-refractivity contribution < 1.29 is 9.53 Å². The lowest BCUT2D eigenvalue weighted by molar-refractivity contribution is -0.145.